The summed E-state index contributed by atoms with van der Waals surface area (Å²) in [5.41, 5.74) is 2.46. The first kappa shape index (κ1) is 15.1. The van der Waals surface area contributed by atoms with Gasteiger partial charge >= 0.3 is 5.97 Å². The van der Waals surface area contributed by atoms with Gasteiger partial charge in [0.05, 0.1) is 15.9 Å². The van der Waals surface area contributed by atoms with E-state index in [4.69, 9.17) is 0 Å². The van der Waals surface area contributed by atoms with E-state index in [1.807, 2.05) is 12.1 Å². The summed E-state index contributed by atoms with van der Waals surface area (Å²) in [6, 6.07) is 7.67. The maximum absolute atomic E-state index is 11.4. The van der Waals surface area contributed by atoms with E-state index in [2.05, 4.69) is 42.8 Å². The number of hydrogen-bond donors (Lipinski definition) is 1. The molecule has 21 heavy (non-hydrogen) atoms. The van der Waals surface area contributed by atoms with Crippen LogP contribution in [-0.4, -0.2) is 17.6 Å². The van der Waals surface area contributed by atoms with Crippen molar-refractivity contribution in [2.45, 2.75) is 19.4 Å². The fourth-order valence-electron chi connectivity index (χ4n) is 2.72. The number of fused-ring (bicyclic) bond motifs is 1. The van der Waals surface area contributed by atoms with Crippen LogP contribution in [0.2, 0.25) is 0 Å². The number of halogens is 2. The number of thiophene rings is 1. The third kappa shape index (κ3) is 3.03. The summed E-state index contributed by atoms with van der Waals surface area (Å²) >= 11 is 8.73. The fourth-order valence-corrected chi connectivity index (χ4v) is 4.92. The second kappa shape index (κ2) is 6.10. The molecule has 0 amide bonds. The molecule has 1 N–H and O–H groups in total. The number of benzene rings is 1. The monoisotopic (exact) mass is 429 g/mol. The Labute approximate surface area is 143 Å². The van der Waals surface area contributed by atoms with Crippen LogP contribution in [0.15, 0.2) is 32.5 Å². The van der Waals surface area contributed by atoms with Crippen molar-refractivity contribution in [1.29, 1.82) is 0 Å². The molecule has 0 saturated carbocycles. The highest BCUT2D eigenvalue weighted by Crippen LogP contribution is 2.36. The van der Waals surface area contributed by atoms with E-state index in [0.717, 1.165) is 45.4 Å². The van der Waals surface area contributed by atoms with Crippen molar-refractivity contribution in [3.8, 4) is 0 Å². The first-order chi connectivity index (χ1) is 10.1. The van der Waals surface area contributed by atoms with E-state index in [0.29, 0.717) is 5.56 Å². The van der Waals surface area contributed by atoms with Gasteiger partial charge in [0.2, 0.25) is 0 Å². The highest BCUT2D eigenvalue weighted by molar-refractivity contribution is 9.13. The molecule has 1 aliphatic heterocycles. The zero-order chi connectivity index (χ0) is 15.0. The highest BCUT2D eigenvalue weighted by atomic mass is 79.9. The molecule has 0 spiro atoms. The first-order valence-corrected chi connectivity index (χ1v) is 9.00. The van der Waals surface area contributed by atoms with Crippen molar-refractivity contribution in [2.75, 3.05) is 11.4 Å². The van der Waals surface area contributed by atoms with Gasteiger partial charge in [-0.05, 0) is 68.5 Å². The lowest BCUT2D eigenvalue weighted by molar-refractivity contribution is 0.0695. The lowest BCUT2D eigenvalue weighted by atomic mass is 9.96. The molecule has 0 aliphatic carbocycles. The van der Waals surface area contributed by atoms with Gasteiger partial charge in [-0.3, -0.25) is 0 Å². The van der Waals surface area contributed by atoms with Gasteiger partial charge in [0.15, 0.2) is 0 Å². The number of anilines is 1. The van der Waals surface area contributed by atoms with Gasteiger partial charge in [0, 0.05) is 21.6 Å². The zero-order valence-corrected chi connectivity index (χ0v) is 15.1. The predicted octanol–water partition coefficient (Wildman–Crippen LogP) is 4.92. The molecule has 2 aromatic rings. The minimum atomic E-state index is -0.838. The number of rotatable bonds is 3. The summed E-state index contributed by atoms with van der Waals surface area (Å²) in [4.78, 5) is 14.9. The third-order valence-corrected chi connectivity index (χ3v) is 6.86. The first-order valence-electron chi connectivity index (χ1n) is 6.60. The Kier molecular flexibility index (Phi) is 4.38. The summed E-state index contributed by atoms with van der Waals surface area (Å²) < 4.78 is 2.16. The number of nitrogens with zero attached hydrogens (tertiary/aromatic N) is 1. The Hall–Kier alpha value is -0.850. The van der Waals surface area contributed by atoms with Gasteiger partial charge in [-0.25, -0.2) is 4.79 Å². The van der Waals surface area contributed by atoms with Crippen LogP contribution in [0.3, 0.4) is 0 Å². The number of aromatic carboxylic acids is 1. The molecule has 110 valence electrons. The van der Waals surface area contributed by atoms with Crippen molar-refractivity contribution < 1.29 is 9.90 Å². The van der Waals surface area contributed by atoms with Gasteiger partial charge in [-0.1, -0.05) is 6.07 Å². The Bertz CT molecular complexity index is 679. The van der Waals surface area contributed by atoms with Crippen LogP contribution < -0.4 is 4.90 Å². The standard InChI is InChI=1S/C15H13Br2NO2S/c16-12-7-9(21-14(12)17)8-18-6-2-4-10-11(15(19)20)3-1-5-13(10)18/h1,3,5,7H,2,4,6,8H2,(H,19,20). The number of carbonyl (C=O) groups is 1. The van der Waals surface area contributed by atoms with Gasteiger partial charge in [-0.15, -0.1) is 11.3 Å². The molecule has 1 aromatic heterocycles. The predicted molar refractivity (Wildman–Crippen MR) is 92.5 cm³/mol. The molecule has 0 radical (unpaired) electrons. The molecule has 0 fully saturated rings. The van der Waals surface area contributed by atoms with Crippen molar-refractivity contribution in [3.05, 3.63) is 48.5 Å². The molecule has 0 atom stereocenters. The lowest BCUT2D eigenvalue weighted by Crippen LogP contribution is -2.29. The summed E-state index contributed by atoms with van der Waals surface area (Å²) in [5.74, 6) is -0.838. The normalized spacial score (nSPS) is 14.1. The summed E-state index contributed by atoms with van der Waals surface area (Å²) in [5, 5.41) is 9.33. The molecule has 6 heteroatoms. The largest absolute Gasteiger partial charge is 0.478 e. The van der Waals surface area contributed by atoms with Gasteiger partial charge < -0.3 is 10.0 Å². The average Bonchev–Trinajstić information content (AvgIpc) is 2.77. The Morgan fingerprint density at radius 1 is 1.38 bits per heavy atom. The van der Waals surface area contributed by atoms with E-state index in [1.165, 1.54) is 4.88 Å². The van der Waals surface area contributed by atoms with Crippen LogP contribution in [0.4, 0.5) is 5.69 Å². The summed E-state index contributed by atoms with van der Waals surface area (Å²) in [7, 11) is 0. The molecule has 0 unspecified atom stereocenters. The van der Waals surface area contributed by atoms with Crippen molar-refractivity contribution in [1.82, 2.24) is 0 Å². The molecule has 0 saturated heterocycles. The topological polar surface area (TPSA) is 40.5 Å². The summed E-state index contributed by atoms with van der Waals surface area (Å²) in [6.07, 6.45) is 1.83. The second-order valence-electron chi connectivity index (χ2n) is 4.97. The minimum Gasteiger partial charge on any atom is -0.478 e. The summed E-state index contributed by atoms with van der Waals surface area (Å²) in [6.45, 7) is 1.77. The molecule has 1 aliphatic rings. The molecule has 0 bridgehead atoms. The minimum absolute atomic E-state index is 0.436. The number of carboxylic acid groups (broad SMARTS) is 1. The number of hydrogen-bond acceptors (Lipinski definition) is 3. The molecule has 1 aromatic carbocycles. The molecule has 3 nitrogen and oxygen atoms in total. The fraction of sp³-hybridized carbons (Fsp3) is 0.267. The van der Waals surface area contributed by atoms with E-state index in [9.17, 15) is 9.90 Å². The van der Waals surface area contributed by atoms with Gasteiger partial charge in [0.1, 0.15) is 0 Å². The SMILES string of the molecule is O=C(O)c1cccc2c1CCCN2Cc1cc(Br)c(Br)s1. The molecular formula is C15H13Br2NO2S. The van der Waals surface area contributed by atoms with E-state index >= 15 is 0 Å². The lowest BCUT2D eigenvalue weighted by Gasteiger charge is -2.31. The Morgan fingerprint density at radius 3 is 2.86 bits per heavy atom. The molecule has 3 rings (SSSR count). The second-order valence-corrected chi connectivity index (χ2v) is 8.28. The van der Waals surface area contributed by atoms with Crippen molar-refractivity contribution in [3.63, 3.8) is 0 Å². The molecular weight excluding hydrogens is 418 g/mol. The van der Waals surface area contributed by atoms with Gasteiger partial charge in [-0.2, -0.15) is 0 Å². The Balaban J connectivity index is 1.93. The van der Waals surface area contributed by atoms with Crippen LogP contribution in [0.1, 0.15) is 27.2 Å². The average molecular weight is 431 g/mol. The maximum Gasteiger partial charge on any atom is 0.336 e. The quantitative estimate of drug-likeness (QED) is 0.750. The third-order valence-electron chi connectivity index (χ3n) is 3.62. The van der Waals surface area contributed by atoms with Crippen LogP contribution in [0.5, 0.6) is 0 Å². The van der Waals surface area contributed by atoms with Crippen LogP contribution in [-0.2, 0) is 13.0 Å². The van der Waals surface area contributed by atoms with Crippen LogP contribution >= 0.6 is 43.2 Å². The maximum atomic E-state index is 11.4. The van der Waals surface area contributed by atoms with Crippen molar-refractivity contribution >= 4 is 54.9 Å². The zero-order valence-electron chi connectivity index (χ0n) is 11.1. The van der Waals surface area contributed by atoms with E-state index in [1.54, 1.807) is 17.4 Å². The molecule has 2 heterocycles. The Morgan fingerprint density at radius 2 is 2.19 bits per heavy atom. The van der Waals surface area contributed by atoms with Gasteiger partial charge in [0.25, 0.3) is 0 Å². The smallest absolute Gasteiger partial charge is 0.336 e. The van der Waals surface area contributed by atoms with Crippen LogP contribution in [0, 0.1) is 0 Å². The van der Waals surface area contributed by atoms with E-state index in [-0.39, 0.29) is 0 Å². The number of carboxylic acids is 1. The van der Waals surface area contributed by atoms with E-state index < -0.39 is 5.97 Å². The van der Waals surface area contributed by atoms with Crippen LogP contribution in [0.25, 0.3) is 0 Å². The van der Waals surface area contributed by atoms with Crippen molar-refractivity contribution in [2.24, 2.45) is 0 Å². The highest BCUT2D eigenvalue weighted by Gasteiger charge is 2.22.